The van der Waals surface area contributed by atoms with E-state index in [0.717, 1.165) is 11.1 Å². The second kappa shape index (κ2) is 8.63. The first-order valence-corrected chi connectivity index (χ1v) is 8.45. The summed E-state index contributed by atoms with van der Waals surface area (Å²) in [4.78, 5) is 23.7. The average molecular weight is 358 g/mol. The molecule has 0 bridgehead atoms. The highest BCUT2D eigenvalue weighted by Gasteiger charge is 2.13. The van der Waals surface area contributed by atoms with Gasteiger partial charge in [0.1, 0.15) is 12.4 Å². The molecular formula is C23H18O4. The molecule has 3 rings (SSSR count). The lowest BCUT2D eigenvalue weighted by molar-refractivity contribution is 0.0693. The monoisotopic (exact) mass is 358 g/mol. The van der Waals surface area contributed by atoms with Crippen LogP contribution in [0.3, 0.4) is 0 Å². The molecule has 0 atom stereocenters. The number of carboxylic acid groups (broad SMARTS) is 1. The maximum absolute atomic E-state index is 12.4. The van der Waals surface area contributed by atoms with E-state index in [1.165, 1.54) is 18.2 Å². The average Bonchev–Trinajstić information content (AvgIpc) is 2.71. The van der Waals surface area contributed by atoms with Gasteiger partial charge in [-0.2, -0.15) is 0 Å². The maximum Gasteiger partial charge on any atom is 0.336 e. The molecule has 134 valence electrons. The van der Waals surface area contributed by atoms with E-state index in [1.54, 1.807) is 18.2 Å². The summed E-state index contributed by atoms with van der Waals surface area (Å²) < 4.78 is 5.87. The first-order valence-electron chi connectivity index (χ1n) is 8.45. The van der Waals surface area contributed by atoms with Gasteiger partial charge in [0.25, 0.3) is 0 Å². The summed E-state index contributed by atoms with van der Waals surface area (Å²) in [6, 6.07) is 23.3. The SMILES string of the molecule is O=C(O)c1ccccc1C(=O)C=Cc1ccccc1OCc1ccccc1. The van der Waals surface area contributed by atoms with Gasteiger partial charge in [0.05, 0.1) is 5.56 Å². The largest absolute Gasteiger partial charge is 0.488 e. The smallest absolute Gasteiger partial charge is 0.336 e. The molecule has 0 heterocycles. The standard InChI is InChI=1S/C23H18O4/c24-21(19-11-5-6-12-20(19)23(25)26)15-14-18-10-4-7-13-22(18)27-16-17-8-2-1-3-9-17/h1-15H,16H2,(H,25,26). The fourth-order valence-corrected chi connectivity index (χ4v) is 2.62. The predicted molar refractivity (Wildman–Crippen MR) is 104 cm³/mol. The third kappa shape index (κ3) is 4.70. The van der Waals surface area contributed by atoms with Gasteiger partial charge in [0.15, 0.2) is 5.78 Å². The number of allylic oxidation sites excluding steroid dienone is 1. The van der Waals surface area contributed by atoms with E-state index in [9.17, 15) is 14.7 Å². The first-order chi connectivity index (χ1) is 13.1. The number of hydrogen-bond donors (Lipinski definition) is 1. The zero-order valence-electron chi connectivity index (χ0n) is 14.5. The predicted octanol–water partition coefficient (Wildman–Crippen LogP) is 4.86. The Balaban J connectivity index is 1.78. The summed E-state index contributed by atoms with van der Waals surface area (Å²) >= 11 is 0. The number of carbonyl (C=O) groups is 2. The number of benzene rings is 3. The Hall–Kier alpha value is -3.66. The van der Waals surface area contributed by atoms with Crippen LogP contribution in [0.5, 0.6) is 5.75 Å². The highest BCUT2D eigenvalue weighted by atomic mass is 16.5. The van der Waals surface area contributed by atoms with Crippen LogP contribution < -0.4 is 4.74 Å². The highest BCUT2D eigenvalue weighted by molar-refractivity contribution is 6.12. The van der Waals surface area contributed by atoms with E-state index in [-0.39, 0.29) is 16.9 Å². The van der Waals surface area contributed by atoms with Crippen molar-refractivity contribution in [3.8, 4) is 5.75 Å². The van der Waals surface area contributed by atoms with Gasteiger partial charge in [-0.3, -0.25) is 4.79 Å². The third-order valence-corrected chi connectivity index (χ3v) is 3.99. The molecule has 0 saturated heterocycles. The fourth-order valence-electron chi connectivity index (χ4n) is 2.62. The third-order valence-electron chi connectivity index (χ3n) is 3.99. The molecule has 3 aromatic rings. The van der Waals surface area contributed by atoms with Crippen molar-refractivity contribution in [2.24, 2.45) is 0 Å². The molecular weight excluding hydrogens is 340 g/mol. The van der Waals surface area contributed by atoms with Crippen LogP contribution in [0.4, 0.5) is 0 Å². The Kier molecular flexibility index (Phi) is 5.80. The molecule has 0 spiro atoms. The second-order valence-electron chi connectivity index (χ2n) is 5.86. The topological polar surface area (TPSA) is 63.6 Å². The Morgan fingerprint density at radius 2 is 1.44 bits per heavy atom. The lowest BCUT2D eigenvalue weighted by Crippen LogP contribution is -2.06. The fraction of sp³-hybridized carbons (Fsp3) is 0.0435. The molecule has 1 N–H and O–H groups in total. The number of carboxylic acids is 1. The zero-order chi connectivity index (χ0) is 19.1. The van der Waals surface area contributed by atoms with Crippen LogP contribution in [0.2, 0.25) is 0 Å². The molecule has 0 aromatic heterocycles. The minimum absolute atomic E-state index is 0.0132. The zero-order valence-corrected chi connectivity index (χ0v) is 14.5. The van der Waals surface area contributed by atoms with Crippen LogP contribution in [-0.4, -0.2) is 16.9 Å². The van der Waals surface area contributed by atoms with Crippen LogP contribution in [0, 0.1) is 0 Å². The van der Waals surface area contributed by atoms with Gasteiger partial charge in [-0.1, -0.05) is 66.7 Å². The van der Waals surface area contributed by atoms with E-state index in [0.29, 0.717) is 12.4 Å². The van der Waals surface area contributed by atoms with Crippen molar-refractivity contribution in [1.82, 2.24) is 0 Å². The number of ketones is 1. The molecule has 3 aromatic carbocycles. The van der Waals surface area contributed by atoms with Crippen molar-refractivity contribution in [3.63, 3.8) is 0 Å². The van der Waals surface area contributed by atoms with Gasteiger partial charge >= 0.3 is 5.97 Å². The highest BCUT2D eigenvalue weighted by Crippen LogP contribution is 2.21. The number of carbonyl (C=O) groups excluding carboxylic acids is 1. The Bertz CT molecular complexity index is 974. The van der Waals surface area contributed by atoms with Gasteiger partial charge in [-0.05, 0) is 29.8 Å². The van der Waals surface area contributed by atoms with Crippen LogP contribution >= 0.6 is 0 Å². The molecule has 27 heavy (non-hydrogen) atoms. The lowest BCUT2D eigenvalue weighted by atomic mass is 10.0. The molecule has 0 amide bonds. The molecule has 0 radical (unpaired) electrons. The Morgan fingerprint density at radius 3 is 2.19 bits per heavy atom. The summed E-state index contributed by atoms with van der Waals surface area (Å²) in [6.07, 6.45) is 3.01. The number of para-hydroxylation sites is 1. The lowest BCUT2D eigenvalue weighted by Gasteiger charge is -2.09. The van der Waals surface area contributed by atoms with Gasteiger partial charge in [0.2, 0.25) is 0 Å². The van der Waals surface area contributed by atoms with Crippen molar-refractivity contribution < 1.29 is 19.4 Å². The molecule has 0 fully saturated rings. The van der Waals surface area contributed by atoms with Gasteiger partial charge in [0, 0.05) is 11.1 Å². The quantitative estimate of drug-likeness (QED) is 0.484. The number of hydrogen-bond acceptors (Lipinski definition) is 3. The van der Waals surface area contributed by atoms with Crippen LogP contribution in [0.25, 0.3) is 6.08 Å². The van der Waals surface area contributed by atoms with E-state index in [4.69, 9.17) is 4.74 Å². The van der Waals surface area contributed by atoms with E-state index < -0.39 is 5.97 Å². The molecule has 0 aliphatic carbocycles. The van der Waals surface area contributed by atoms with Gasteiger partial charge in [-0.25, -0.2) is 4.79 Å². The molecule has 0 saturated carbocycles. The molecule has 4 nitrogen and oxygen atoms in total. The van der Waals surface area contributed by atoms with Crippen LogP contribution in [-0.2, 0) is 6.61 Å². The molecule has 0 aliphatic heterocycles. The Morgan fingerprint density at radius 1 is 0.815 bits per heavy atom. The van der Waals surface area contributed by atoms with Crippen LogP contribution in [0.15, 0.2) is 84.9 Å². The van der Waals surface area contributed by atoms with E-state index in [1.807, 2.05) is 54.6 Å². The molecule has 0 aliphatic rings. The number of ether oxygens (including phenoxy) is 1. The van der Waals surface area contributed by atoms with Crippen molar-refractivity contribution >= 4 is 17.8 Å². The number of aromatic carboxylic acids is 1. The molecule has 0 unspecified atom stereocenters. The summed E-state index contributed by atoms with van der Waals surface area (Å²) in [6.45, 7) is 0.418. The van der Waals surface area contributed by atoms with Gasteiger partial charge in [-0.15, -0.1) is 0 Å². The Labute approximate surface area is 157 Å². The van der Waals surface area contributed by atoms with Crippen molar-refractivity contribution in [2.75, 3.05) is 0 Å². The normalized spacial score (nSPS) is 10.7. The van der Waals surface area contributed by atoms with Crippen molar-refractivity contribution in [2.45, 2.75) is 6.61 Å². The summed E-state index contributed by atoms with van der Waals surface area (Å²) in [5.74, 6) is -0.846. The first kappa shape index (κ1) is 18.1. The summed E-state index contributed by atoms with van der Waals surface area (Å²) in [7, 11) is 0. The number of rotatable bonds is 7. The summed E-state index contributed by atoms with van der Waals surface area (Å²) in [5, 5.41) is 9.23. The van der Waals surface area contributed by atoms with E-state index in [2.05, 4.69) is 0 Å². The maximum atomic E-state index is 12.4. The molecule has 4 heteroatoms. The minimum Gasteiger partial charge on any atom is -0.488 e. The van der Waals surface area contributed by atoms with Gasteiger partial charge < -0.3 is 9.84 Å². The second-order valence-corrected chi connectivity index (χ2v) is 5.86. The summed E-state index contributed by atoms with van der Waals surface area (Å²) in [5.41, 5.74) is 1.93. The van der Waals surface area contributed by atoms with Crippen molar-refractivity contribution in [3.05, 3.63) is 107 Å². The van der Waals surface area contributed by atoms with Crippen molar-refractivity contribution in [1.29, 1.82) is 0 Å². The van der Waals surface area contributed by atoms with Crippen LogP contribution in [0.1, 0.15) is 31.8 Å². The van der Waals surface area contributed by atoms with E-state index >= 15 is 0 Å². The minimum atomic E-state index is -1.13.